The number of halogens is 1. The quantitative estimate of drug-likeness (QED) is 0.692. The third-order valence-corrected chi connectivity index (χ3v) is 6.39. The van der Waals surface area contributed by atoms with Gasteiger partial charge in [0.05, 0.1) is 35.7 Å². The van der Waals surface area contributed by atoms with E-state index >= 15 is 0 Å². The molecule has 0 amide bonds. The second-order valence-electron chi connectivity index (χ2n) is 8.01. The third kappa shape index (κ3) is 4.46. The van der Waals surface area contributed by atoms with Crippen molar-refractivity contribution in [3.8, 4) is 0 Å². The van der Waals surface area contributed by atoms with Crippen molar-refractivity contribution in [1.82, 2.24) is 0 Å². The van der Waals surface area contributed by atoms with Crippen LogP contribution < -0.4 is 0 Å². The topological polar surface area (TPSA) is 65.0 Å². The summed E-state index contributed by atoms with van der Waals surface area (Å²) >= 11 is 0. The lowest BCUT2D eigenvalue weighted by atomic mass is 10.1. The second kappa shape index (κ2) is 7.80. The van der Waals surface area contributed by atoms with E-state index in [4.69, 9.17) is 9.47 Å². The molecule has 3 rings (SSSR count). The van der Waals surface area contributed by atoms with Crippen molar-refractivity contribution >= 4 is 22.7 Å². The summed E-state index contributed by atoms with van der Waals surface area (Å²) in [6, 6.07) is 6.14. The van der Waals surface area contributed by atoms with Crippen molar-refractivity contribution in [3.63, 3.8) is 0 Å². The number of hydrogen-bond acceptors (Lipinski definition) is 4. The highest BCUT2D eigenvalue weighted by Crippen LogP contribution is 2.57. The minimum Gasteiger partial charge on any atom is -0.466 e. The highest BCUT2D eigenvalue weighted by atomic mass is 32.2. The molecule has 0 radical (unpaired) electrons. The fraction of sp³-hybridized carbons (Fsp3) is 0.600. The third-order valence-electron chi connectivity index (χ3n) is 4.96. The molecule has 0 N–H and O–H groups in total. The Morgan fingerprint density at radius 2 is 1.96 bits per heavy atom. The van der Waals surface area contributed by atoms with Crippen molar-refractivity contribution in [2.45, 2.75) is 51.6 Å². The average Bonchev–Trinajstić information content (AvgIpc) is 3.20. The van der Waals surface area contributed by atoms with E-state index in [0.717, 1.165) is 5.56 Å². The monoisotopic (exact) mass is 395 g/mol. The zero-order chi connectivity index (χ0) is 19.8. The molecular formula is C20H26FNO4S. The van der Waals surface area contributed by atoms with Crippen LogP contribution in [0.2, 0.25) is 0 Å². The predicted molar refractivity (Wildman–Crippen MR) is 102 cm³/mol. The summed E-state index contributed by atoms with van der Waals surface area (Å²) in [7, 11) is -1.42. The molecule has 5 atom stereocenters. The first-order valence-electron chi connectivity index (χ1n) is 9.25. The standard InChI is InChI=1S/C20H26FNO4S/c1-5-25-19(23)17-14-10-15(26-11-12-6-8-13(21)9-7-12)18(16(14)17)22-27(24)20(2,3)4/h6-9,14-17H,5,10-11H2,1-4H3/t14-,15-,16+,17+,27-/m1/s1. The number of fused-ring (bicyclic) bond motifs is 1. The van der Waals surface area contributed by atoms with Gasteiger partial charge in [-0.05, 0) is 57.7 Å². The van der Waals surface area contributed by atoms with Crippen LogP contribution in [0.25, 0.3) is 0 Å². The molecule has 0 bridgehead atoms. The summed E-state index contributed by atoms with van der Waals surface area (Å²) in [6.45, 7) is 8.04. The Kier molecular flexibility index (Phi) is 5.82. The highest BCUT2D eigenvalue weighted by molar-refractivity contribution is 7.85. The molecule has 1 aromatic rings. The number of hydrogen-bond donors (Lipinski definition) is 0. The Bertz CT molecular complexity index is 756. The fourth-order valence-corrected chi connectivity index (χ4v) is 4.20. The van der Waals surface area contributed by atoms with Gasteiger partial charge < -0.3 is 9.47 Å². The van der Waals surface area contributed by atoms with Gasteiger partial charge in [-0.2, -0.15) is 4.40 Å². The fourth-order valence-electron chi connectivity index (χ4n) is 3.50. The van der Waals surface area contributed by atoms with Crippen LogP contribution in [0, 0.1) is 23.6 Å². The maximum atomic E-state index is 13.0. The van der Waals surface area contributed by atoms with Gasteiger partial charge in [0.2, 0.25) is 0 Å². The van der Waals surface area contributed by atoms with E-state index in [1.807, 2.05) is 20.8 Å². The maximum Gasteiger partial charge on any atom is 0.309 e. The van der Waals surface area contributed by atoms with Crippen LogP contribution in [-0.2, 0) is 31.9 Å². The molecule has 27 heavy (non-hydrogen) atoms. The van der Waals surface area contributed by atoms with Crippen LogP contribution in [0.4, 0.5) is 4.39 Å². The number of rotatable bonds is 6. The van der Waals surface area contributed by atoms with E-state index in [0.29, 0.717) is 25.3 Å². The number of nitrogens with zero attached hydrogens (tertiary/aromatic N) is 1. The Morgan fingerprint density at radius 3 is 2.56 bits per heavy atom. The molecular weight excluding hydrogens is 369 g/mol. The molecule has 0 heterocycles. The molecule has 5 nitrogen and oxygen atoms in total. The SMILES string of the molecule is CCOC(=O)[C@H]1[C@@H]2C[C@@H](OCc3ccc(F)cc3)C(=N[S@](=O)C(C)(C)C)[C@@H]21. The number of carbonyl (C=O) groups is 1. The molecule has 7 heteroatoms. The molecule has 0 saturated heterocycles. The van der Waals surface area contributed by atoms with Crippen LogP contribution in [0.3, 0.4) is 0 Å². The molecule has 0 unspecified atom stereocenters. The first-order valence-corrected chi connectivity index (χ1v) is 10.4. The van der Waals surface area contributed by atoms with Gasteiger partial charge in [0, 0.05) is 5.92 Å². The van der Waals surface area contributed by atoms with Gasteiger partial charge in [0.15, 0.2) is 0 Å². The summed E-state index contributed by atoms with van der Waals surface area (Å²) in [5, 5.41) is 0. The van der Waals surface area contributed by atoms with Crippen molar-refractivity contribution < 1.29 is 22.9 Å². The Balaban J connectivity index is 1.74. The number of carbonyl (C=O) groups excluding carboxylic acids is 1. The molecule has 2 fully saturated rings. The summed E-state index contributed by atoms with van der Waals surface area (Å²) in [4.78, 5) is 12.1. The van der Waals surface area contributed by atoms with E-state index in [1.54, 1.807) is 19.1 Å². The lowest BCUT2D eigenvalue weighted by Crippen LogP contribution is -2.29. The van der Waals surface area contributed by atoms with Crippen molar-refractivity contribution in [3.05, 3.63) is 35.6 Å². The zero-order valence-electron chi connectivity index (χ0n) is 16.1. The lowest BCUT2D eigenvalue weighted by Gasteiger charge is -2.20. The minimum absolute atomic E-state index is 0.0476. The smallest absolute Gasteiger partial charge is 0.309 e. The minimum atomic E-state index is -1.42. The van der Waals surface area contributed by atoms with Crippen LogP contribution >= 0.6 is 0 Å². The van der Waals surface area contributed by atoms with Gasteiger partial charge in [-0.3, -0.25) is 4.79 Å². The van der Waals surface area contributed by atoms with Gasteiger partial charge in [-0.15, -0.1) is 0 Å². The Hall–Kier alpha value is -1.60. The number of esters is 1. The van der Waals surface area contributed by atoms with Crippen molar-refractivity contribution in [2.24, 2.45) is 22.2 Å². The number of benzene rings is 1. The summed E-state index contributed by atoms with van der Waals surface area (Å²) in [5.74, 6) is -0.613. The van der Waals surface area contributed by atoms with Crippen LogP contribution in [-0.4, -0.2) is 33.3 Å². The molecule has 0 spiro atoms. The van der Waals surface area contributed by atoms with E-state index in [1.165, 1.54) is 12.1 Å². The number of ether oxygens (including phenoxy) is 2. The van der Waals surface area contributed by atoms with E-state index in [9.17, 15) is 13.4 Å². The van der Waals surface area contributed by atoms with Crippen molar-refractivity contribution in [1.29, 1.82) is 0 Å². The molecule has 1 aromatic carbocycles. The molecule has 0 aromatic heterocycles. The van der Waals surface area contributed by atoms with E-state index < -0.39 is 15.7 Å². The Labute approximate surface area is 161 Å². The van der Waals surface area contributed by atoms with Gasteiger partial charge in [0.1, 0.15) is 16.8 Å². The van der Waals surface area contributed by atoms with Crippen LogP contribution in [0.1, 0.15) is 39.7 Å². The first-order chi connectivity index (χ1) is 12.7. The summed E-state index contributed by atoms with van der Waals surface area (Å²) < 4.78 is 40.7. The van der Waals surface area contributed by atoms with Gasteiger partial charge in [0.25, 0.3) is 0 Å². The first kappa shape index (κ1) is 20.1. The largest absolute Gasteiger partial charge is 0.466 e. The van der Waals surface area contributed by atoms with Gasteiger partial charge in [-0.1, -0.05) is 12.1 Å². The maximum absolute atomic E-state index is 13.0. The molecule has 2 aliphatic carbocycles. The summed E-state index contributed by atoms with van der Waals surface area (Å²) in [6.07, 6.45) is 0.386. The van der Waals surface area contributed by atoms with Gasteiger partial charge in [-0.25, -0.2) is 8.60 Å². The normalized spacial score (nSPS) is 29.4. The van der Waals surface area contributed by atoms with Crippen LogP contribution in [0.5, 0.6) is 0 Å². The van der Waals surface area contributed by atoms with Crippen molar-refractivity contribution in [2.75, 3.05) is 6.61 Å². The zero-order valence-corrected chi connectivity index (χ0v) is 16.9. The van der Waals surface area contributed by atoms with E-state index in [-0.39, 0.29) is 35.6 Å². The van der Waals surface area contributed by atoms with E-state index in [2.05, 4.69) is 4.40 Å². The Morgan fingerprint density at radius 1 is 1.30 bits per heavy atom. The summed E-state index contributed by atoms with van der Waals surface area (Å²) in [5.41, 5.74) is 1.56. The lowest BCUT2D eigenvalue weighted by molar-refractivity contribution is -0.145. The van der Waals surface area contributed by atoms with Gasteiger partial charge >= 0.3 is 5.97 Å². The van der Waals surface area contributed by atoms with Crippen LogP contribution in [0.15, 0.2) is 28.7 Å². The predicted octanol–water partition coefficient (Wildman–Crippen LogP) is 3.44. The molecule has 2 aliphatic rings. The molecule has 0 aliphatic heterocycles. The molecule has 148 valence electrons. The average molecular weight is 395 g/mol. The highest BCUT2D eigenvalue weighted by Gasteiger charge is 2.65. The second-order valence-corrected chi connectivity index (χ2v) is 9.91. The molecule has 2 saturated carbocycles.